The van der Waals surface area contributed by atoms with Gasteiger partial charge in [0.15, 0.2) is 0 Å². The molecule has 1 aromatic rings. The number of nitrogens with zero attached hydrogens (tertiary/aromatic N) is 1. The summed E-state index contributed by atoms with van der Waals surface area (Å²) in [6.07, 6.45) is 1.64. The van der Waals surface area contributed by atoms with E-state index in [9.17, 15) is 12.6 Å². The summed E-state index contributed by atoms with van der Waals surface area (Å²) in [6.45, 7) is 1.01. The summed E-state index contributed by atoms with van der Waals surface area (Å²) in [6, 6.07) is 3.05. The molecule has 1 heterocycles. The van der Waals surface area contributed by atoms with Crippen molar-refractivity contribution >= 4 is 20.8 Å². The summed E-state index contributed by atoms with van der Waals surface area (Å²) in [5.41, 5.74) is 0. The van der Waals surface area contributed by atoms with Crippen molar-refractivity contribution in [2.24, 2.45) is 0 Å². The Morgan fingerprint density at radius 2 is 2.06 bits per heavy atom. The molecule has 0 radical (unpaired) electrons. The number of hydrogen-bond acceptors (Lipinski definition) is 5. The summed E-state index contributed by atoms with van der Waals surface area (Å²) >= 11 is 0. The molecule has 8 heteroatoms. The molecule has 1 aromatic heterocycles. The van der Waals surface area contributed by atoms with Crippen molar-refractivity contribution in [1.82, 2.24) is 9.62 Å². The first-order valence-corrected chi connectivity index (χ1v) is 8.52. The molecule has 0 aliphatic carbocycles. The zero-order valence-corrected chi connectivity index (χ0v) is 12.3. The highest BCUT2D eigenvalue weighted by Crippen LogP contribution is 2.16. The fraction of sp³-hybridized carbons (Fsp3) is 0.600. The Morgan fingerprint density at radius 1 is 1.39 bits per heavy atom. The lowest BCUT2D eigenvalue weighted by Crippen LogP contribution is -2.21. The van der Waals surface area contributed by atoms with Crippen molar-refractivity contribution in [3.05, 3.63) is 17.9 Å². The first-order valence-electron chi connectivity index (χ1n) is 5.36. The van der Waals surface area contributed by atoms with Crippen molar-refractivity contribution in [1.29, 1.82) is 0 Å². The summed E-state index contributed by atoms with van der Waals surface area (Å²) in [5, 5.41) is 2.97. The lowest BCUT2D eigenvalue weighted by molar-refractivity contribution is 0.390. The Balaban J connectivity index is 2.57. The largest absolute Gasteiger partial charge is 0.447 e. The van der Waals surface area contributed by atoms with Crippen molar-refractivity contribution < 1.29 is 17.0 Å². The average molecular weight is 294 g/mol. The van der Waals surface area contributed by atoms with Gasteiger partial charge in [0.2, 0.25) is 5.09 Å². The van der Waals surface area contributed by atoms with E-state index >= 15 is 0 Å². The van der Waals surface area contributed by atoms with Crippen LogP contribution in [-0.2, 0) is 27.4 Å². The molecule has 1 N–H and O–H groups in total. The molecule has 0 aliphatic rings. The Hall–Kier alpha value is -0.700. The smallest absolute Gasteiger partial charge is 0.275 e. The summed E-state index contributed by atoms with van der Waals surface area (Å²) in [4.78, 5) is 0. The van der Waals surface area contributed by atoms with Gasteiger partial charge in [0.1, 0.15) is 5.76 Å². The minimum Gasteiger partial charge on any atom is -0.447 e. The molecule has 1 unspecified atom stereocenters. The van der Waals surface area contributed by atoms with E-state index in [1.807, 2.05) is 0 Å². The highest BCUT2D eigenvalue weighted by Gasteiger charge is 2.21. The molecule has 1 rings (SSSR count). The average Bonchev–Trinajstić information content (AvgIpc) is 2.73. The van der Waals surface area contributed by atoms with E-state index in [0.717, 1.165) is 4.31 Å². The Labute approximate surface area is 110 Å². The molecule has 0 saturated heterocycles. The molecule has 0 fully saturated rings. The van der Waals surface area contributed by atoms with Crippen molar-refractivity contribution in [3.8, 4) is 0 Å². The van der Waals surface area contributed by atoms with E-state index in [1.54, 1.807) is 12.3 Å². The summed E-state index contributed by atoms with van der Waals surface area (Å²) in [7, 11) is -1.44. The first kappa shape index (κ1) is 15.4. The number of rotatable bonds is 7. The van der Waals surface area contributed by atoms with Gasteiger partial charge in [-0.2, -0.15) is 0 Å². The molecule has 1 atom stereocenters. The second-order valence-electron chi connectivity index (χ2n) is 3.96. The van der Waals surface area contributed by atoms with Crippen molar-refractivity contribution in [3.63, 3.8) is 0 Å². The quantitative estimate of drug-likeness (QED) is 0.716. The highest BCUT2D eigenvalue weighted by molar-refractivity contribution is 7.89. The van der Waals surface area contributed by atoms with Crippen LogP contribution >= 0.6 is 0 Å². The third-order valence-electron chi connectivity index (χ3n) is 2.24. The van der Waals surface area contributed by atoms with Crippen LogP contribution < -0.4 is 5.32 Å². The molecule has 0 bridgehead atoms. The number of nitrogens with one attached hydrogen (secondary N) is 1. The fourth-order valence-corrected chi connectivity index (χ4v) is 2.44. The maximum atomic E-state index is 11.7. The molecule has 0 aromatic carbocycles. The molecular formula is C10H18N2O4S2. The van der Waals surface area contributed by atoms with Gasteiger partial charge in [-0.1, -0.05) is 0 Å². The number of furan rings is 1. The van der Waals surface area contributed by atoms with Gasteiger partial charge in [0.05, 0.1) is 6.54 Å². The first-order chi connectivity index (χ1) is 8.34. The second-order valence-corrected chi connectivity index (χ2v) is 7.60. The van der Waals surface area contributed by atoms with Gasteiger partial charge < -0.3 is 9.73 Å². The molecule has 6 nitrogen and oxygen atoms in total. The highest BCUT2D eigenvalue weighted by atomic mass is 32.2. The standard InChI is InChI=1S/C10H18N2O4S2/c1-12(2)18(14,15)10-5-4-9(16-10)8-11-6-7-17(3)13/h4-5,11H,6-8H2,1-3H3. The summed E-state index contributed by atoms with van der Waals surface area (Å²) in [5.74, 6) is 1.10. The van der Waals surface area contributed by atoms with Crippen LogP contribution in [0.1, 0.15) is 5.76 Å². The topological polar surface area (TPSA) is 79.6 Å². The minimum atomic E-state index is -3.51. The summed E-state index contributed by atoms with van der Waals surface area (Å²) < 4.78 is 40.6. The van der Waals surface area contributed by atoms with Crippen LogP contribution in [0.3, 0.4) is 0 Å². The predicted octanol–water partition coefficient (Wildman–Crippen LogP) is -0.00200. The van der Waals surface area contributed by atoms with Crippen LogP contribution in [-0.4, -0.2) is 49.6 Å². The maximum absolute atomic E-state index is 11.7. The molecule has 0 aliphatic heterocycles. The molecular weight excluding hydrogens is 276 g/mol. The normalized spacial score (nSPS) is 14.0. The minimum absolute atomic E-state index is 0.0663. The third-order valence-corrected chi connectivity index (χ3v) is 4.71. The zero-order chi connectivity index (χ0) is 13.8. The van der Waals surface area contributed by atoms with E-state index in [0.29, 0.717) is 24.6 Å². The second kappa shape index (κ2) is 6.46. The molecule has 0 amide bonds. The zero-order valence-electron chi connectivity index (χ0n) is 10.7. The molecule has 104 valence electrons. The SMILES string of the molecule is CN(C)S(=O)(=O)c1ccc(CNCCS(C)=O)o1. The Kier molecular flexibility index (Phi) is 5.51. The van der Waals surface area contributed by atoms with E-state index in [2.05, 4.69) is 5.32 Å². The predicted molar refractivity (Wildman–Crippen MR) is 70.2 cm³/mol. The van der Waals surface area contributed by atoms with E-state index in [-0.39, 0.29) is 5.09 Å². The maximum Gasteiger partial charge on any atom is 0.275 e. The van der Waals surface area contributed by atoms with Crippen LogP contribution in [0.5, 0.6) is 0 Å². The molecule has 0 spiro atoms. The van der Waals surface area contributed by atoms with Crippen LogP contribution in [0.25, 0.3) is 0 Å². The monoisotopic (exact) mass is 294 g/mol. The van der Waals surface area contributed by atoms with Crippen LogP contribution in [0.4, 0.5) is 0 Å². The van der Waals surface area contributed by atoms with Gasteiger partial charge in [-0.05, 0) is 12.1 Å². The van der Waals surface area contributed by atoms with Crippen LogP contribution in [0.15, 0.2) is 21.6 Å². The van der Waals surface area contributed by atoms with E-state index in [1.165, 1.54) is 20.2 Å². The molecule has 18 heavy (non-hydrogen) atoms. The van der Waals surface area contributed by atoms with Crippen LogP contribution in [0.2, 0.25) is 0 Å². The lowest BCUT2D eigenvalue weighted by atomic mass is 10.4. The van der Waals surface area contributed by atoms with Crippen molar-refractivity contribution in [2.75, 3.05) is 32.6 Å². The van der Waals surface area contributed by atoms with Crippen molar-refractivity contribution in [2.45, 2.75) is 11.6 Å². The Morgan fingerprint density at radius 3 is 2.61 bits per heavy atom. The fourth-order valence-electron chi connectivity index (χ4n) is 1.20. The van der Waals surface area contributed by atoms with Gasteiger partial charge in [-0.25, -0.2) is 12.7 Å². The van der Waals surface area contributed by atoms with Gasteiger partial charge in [0, 0.05) is 43.4 Å². The Bertz CT molecular complexity index is 508. The molecule has 0 saturated carbocycles. The van der Waals surface area contributed by atoms with Gasteiger partial charge >= 0.3 is 0 Å². The van der Waals surface area contributed by atoms with Crippen LogP contribution in [0, 0.1) is 0 Å². The number of sulfonamides is 1. The van der Waals surface area contributed by atoms with Gasteiger partial charge in [-0.15, -0.1) is 0 Å². The van der Waals surface area contributed by atoms with E-state index < -0.39 is 20.8 Å². The van der Waals surface area contributed by atoms with Gasteiger partial charge in [0.25, 0.3) is 10.0 Å². The van der Waals surface area contributed by atoms with E-state index in [4.69, 9.17) is 4.42 Å². The lowest BCUT2D eigenvalue weighted by Gasteiger charge is -2.07. The van der Waals surface area contributed by atoms with Gasteiger partial charge in [-0.3, -0.25) is 4.21 Å². The third kappa shape index (κ3) is 4.20. The number of hydrogen-bond donors (Lipinski definition) is 1.